The zero-order chi connectivity index (χ0) is 20.7. The first kappa shape index (κ1) is 18.8. The highest BCUT2D eigenvalue weighted by molar-refractivity contribution is 6.25. The standard InChI is InChI=1S/C19H18FN5O4/c1-10-8-22-24(9-10)7-6-21-16-12(20)3-2-11-15(16)19(29)25(18(11)28)13-4-5-14(26)23-17(13)27/h2-3,8-9,13,21H,4-7H2,1H3,(H,23,26,27). The highest BCUT2D eigenvalue weighted by Gasteiger charge is 2.46. The maximum absolute atomic E-state index is 14.5. The summed E-state index contributed by atoms with van der Waals surface area (Å²) >= 11 is 0. The number of carbonyl (C=O) groups excluding carboxylic acids is 4. The Morgan fingerprint density at radius 2 is 2.03 bits per heavy atom. The molecule has 9 nitrogen and oxygen atoms in total. The molecule has 1 unspecified atom stereocenters. The van der Waals surface area contributed by atoms with Crippen molar-refractivity contribution in [1.29, 1.82) is 0 Å². The van der Waals surface area contributed by atoms with E-state index < -0.39 is 35.5 Å². The minimum Gasteiger partial charge on any atom is -0.380 e. The maximum Gasteiger partial charge on any atom is 0.264 e. The molecular formula is C19H18FN5O4. The minimum atomic E-state index is -1.09. The summed E-state index contributed by atoms with van der Waals surface area (Å²) in [5.41, 5.74) is 0.826. The van der Waals surface area contributed by atoms with Crippen LogP contribution in [0.5, 0.6) is 0 Å². The lowest BCUT2D eigenvalue weighted by Crippen LogP contribution is -2.54. The molecule has 4 rings (SSSR count). The Labute approximate surface area is 164 Å². The van der Waals surface area contributed by atoms with Gasteiger partial charge in [-0.2, -0.15) is 5.10 Å². The topological polar surface area (TPSA) is 113 Å². The number of nitrogens with one attached hydrogen (secondary N) is 2. The molecule has 29 heavy (non-hydrogen) atoms. The molecule has 1 aromatic carbocycles. The molecule has 0 aliphatic carbocycles. The molecule has 0 saturated carbocycles. The second-order valence-corrected chi connectivity index (χ2v) is 7.00. The van der Waals surface area contributed by atoms with Crippen molar-refractivity contribution in [3.8, 4) is 0 Å². The molecule has 2 aliphatic heterocycles. The summed E-state index contributed by atoms with van der Waals surface area (Å²) in [6.07, 6.45) is 3.58. The quantitative estimate of drug-likeness (QED) is 0.721. The van der Waals surface area contributed by atoms with Gasteiger partial charge in [-0.15, -0.1) is 0 Å². The summed E-state index contributed by atoms with van der Waals surface area (Å²) in [4.78, 5) is 50.0. The van der Waals surface area contributed by atoms with Crippen LogP contribution >= 0.6 is 0 Å². The molecule has 1 aromatic heterocycles. The average molecular weight is 399 g/mol. The Morgan fingerprint density at radius 1 is 1.24 bits per heavy atom. The third-order valence-corrected chi connectivity index (χ3v) is 4.96. The van der Waals surface area contributed by atoms with E-state index in [1.807, 2.05) is 13.1 Å². The maximum atomic E-state index is 14.5. The van der Waals surface area contributed by atoms with Gasteiger partial charge in [0.1, 0.15) is 11.9 Å². The van der Waals surface area contributed by atoms with E-state index in [1.165, 1.54) is 6.07 Å². The Morgan fingerprint density at radius 3 is 2.72 bits per heavy atom. The van der Waals surface area contributed by atoms with Gasteiger partial charge in [0.15, 0.2) is 0 Å². The van der Waals surface area contributed by atoms with Crippen LogP contribution in [0.15, 0.2) is 24.5 Å². The van der Waals surface area contributed by atoms with Gasteiger partial charge in [-0.3, -0.25) is 34.1 Å². The Bertz CT molecular complexity index is 1050. The zero-order valence-electron chi connectivity index (χ0n) is 15.6. The Hall–Kier alpha value is -3.56. The van der Waals surface area contributed by atoms with Crippen LogP contribution < -0.4 is 10.6 Å². The lowest BCUT2D eigenvalue weighted by Gasteiger charge is -2.27. The molecular weight excluding hydrogens is 381 g/mol. The summed E-state index contributed by atoms with van der Waals surface area (Å²) in [7, 11) is 0. The molecule has 4 amide bonds. The molecule has 2 N–H and O–H groups in total. The van der Waals surface area contributed by atoms with Crippen LogP contribution in [-0.4, -0.2) is 50.9 Å². The van der Waals surface area contributed by atoms with Crippen molar-refractivity contribution in [2.75, 3.05) is 11.9 Å². The number of fused-ring (bicyclic) bond motifs is 1. The predicted molar refractivity (Wildman–Crippen MR) is 98.5 cm³/mol. The molecule has 1 saturated heterocycles. The lowest BCUT2D eigenvalue weighted by molar-refractivity contribution is -0.136. The summed E-state index contributed by atoms with van der Waals surface area (Å²) in [6, 6.07) is 1.25. The summed E-state index contributed by atoms with van der Waals surface area (Å²) in [6.45, 7) is 2.60. The van der Waals surface area contributed by atoms with Crippen molar-refractivity contribution in [3.05, 3.63) is 47.0 Å². The number of nitrogens with zero attached hydrogens (tertiary/aromatic N) is 3. The first-order valence-corrected chi connectivity index (χ1v) is 9.14. The highest BCUT2D eigenvalue weighted by atomic mass is 19.1. The van der Waals surface area contributed by atoms with Crippen LogP contribution in [0.1, 0.15) is 39.1 Å². The van der Waals surface area contributed by atoms with Gasteiger partial charge in [0.05, 0.1) is 29.6 Å². The van der Waals surface area contributed by atoms with Crippen LogP contribution in [0, 0.1) is 12.7 Å². The van der Waals surface area contributed by atoms with Gasteiger partial charge < -0.3 is 5.32 Å². The van der Waals surface area contributed by atoms with Crippen molar-refractivity contribution in [1.82, 2.24) is 20.0 Å². The Kier molecular flexibility index (Phi) is 4.61. The van der Waals surface area contributed by atoms with E-state index in [2.05, 4.69) is 15.7 Å². The smallest absolute Gasteiger partial charge is 0.264 e. The number of piperidine rings is 1. The number of halogens is 1. The number of carbonyl (C=O) groups is 4. The van der Waals surface area contributed by atoms with Gasteiger partial charge in [-0.25, -0.2) is 4.39 Å². The van der Waals surface area contributed by atoms with Crippen molar-refractivity contribution in [2.24, 2.45) is 0 Å². The number of hydrogen-bond donors (Lipinski definition) is 2. The fourth-order valence-corrected chi connectivity index (χ4v) is 3.59. The van der Waals surface area contributed by atoms with E-state index in [0.29, 0.717) is 6.54 Å². The second kappa shape index (κ2) is 7.12. The number of aryl methyl sites for hydroxylation is 1. The van der Waals surface area contributed by atoms with Crippen LogP contribution in [0.25, 0.3) is 0 Å². The van der Waals surface area contributed by atoms with E-state index in [4.69, 9.17) is 0 Å². The molecule has 2 aromatic rings. The van der Waals surface area contributed by atoms with Gasteiger partial charge in [-0.05, 0) is 31.0 Å². The molecule has 0 spiro atoms. The highest BCUT2D eigenvalue weighted by Crippen LogP contribution is 2.34. The van der Waals surface area contributed by atoms with E-state index in [1.54, 1.807) is 10.9 Å². The zero-order valence-corrected chi connectivity index (χ0v) is 15.6. The second-order valence-electron chi connectivity index (χ2n) is 7.00. The Balaban J connectivity index is 1.58. The largest absolute Gasteiger partial charge is 0.380 e. The minimum absolute atomic E-state index is 0.0204. The third-order valence-electron chi connectivity index (χ3n) is 4.96. The third kappa shape index (κ3) is 3.26. The molecule has 10 heteroatoms. The summed E-state index contributed by atoms with van der Waals surface area (Å²) < 4.78 is 16.2. The van der Waals surface area contributed by atoms with Gasteiger partial charge in [0, 0.05) is 19.2 Å². The van der Waals surface area contributed by atoms with E-state index in [9.17, 15) is 23.6 Å². The SMILES string of the molecule is Cc1cnn(CCNc2c(F)ccc3c2C(=O)N(C2CCC(=O)NC2=O)C3=O)c1. The number of anilines is 1. The normalized spacial score (nSPS) is 18.8. The first-order chi connectivity index (χ1) is 13.9. The number of rotatable bonds is 5. The molecule has 3 heterocycles. The number of amides is 4. The van der Waals surface area contributed by atoms with E-state index in [0.717, 1.165) is 16.5 Å². The van der Waals surface area contributed by atoms with Crippen LogP contribution in [0.4, 0.5) is 10.1 Å². The number of hydrogen-bond acceptors (Lipinski definition) is 6. The molecule has 1 atom stereocenters. The molecule has 150 valence electrons. The summed E-state index contributed by atoms with van der Waals surface area (Å²) in [5, 5.41) is 9.14. The van der Waals surface area contributed by atoms with Gasteiger partial charge in [-0.1, -0.05) is 0 Å². The van der Waals surface area contributed by atoms with E-state index in [-0.39, 0.29) is 36.2 Å². The monoisotopic (exact) mass is 399 g/mol. The first-order valence-electron chi connectivity index (χ1n) is 9.14. The van der Waals surface area contributed by atoms with Crippen molar-refractivity contribution < 1.29 is 23.6 Å². The molecule has 1 fully saturated rings. The molecule has 0 radical (unpaired) electrons. The van der Waals surface area contributed by atoms with Gasteiger partial charge in [0.2, 0.25) is 11.8 Å². The van der Waals surface area contributed by atoms with E-state index >= 15 is 0 Å². The van der Waals surface area contributed by atoms with Crippen molar-refractivity contribution in [2.45, 2.75) is 32.4 Å². The van der Waals surface area contributed by atoms with Crippen LogP contribution in [-0.2, 0) is 16.1 Å². The van der Waals surface area contributed by atoms with Crippen molar-refractivity contribution >= 4 is 29.3 Å². The van der Waals surface area contributed by atoms with Gasteiger partial charge >= 0.3 is 0 Å². The van der Waals surface area contributed by atoms with Crippen LogP contribution in [0.3, 0.4) is 0 Å². The van der Waals surface area contributed by atoms with Crippen LogP contribution in [0.2, 0.25) is 0 Å². The molecule has 0 bridgehead atoms. The van der Waals surface area contributed by atoms with Crippen molar-refractivity contribution in [3.63, 3.8) is 0 Å². The lowest BCUT2D eigenvalue weighted by atomic mass is 10.0. The average Bonchev–Trinajstić information content (AvgIpc) is 3.19. The number of benzene rings is 1. The predicted octanol–water partition coefficient (Wildman–Crippen LogP) is 0.844. The fraction of sp³-hybridized carbons (Fsp3) is 0.316. The number of aromatic nitrogens is 2. The fourth-order valence-electron chi connectivity index (χ4n) is 3.59. The number of imide groups is 2. The summed E-state index contributed by atoms with van der Waals surface area (Å²) in [5.74, 6) is -3.27. The van der Waals surface area contributed by atoms with Gasteiger partial charge in [0.25, 0.3) is 11.8 Å². The molecule has 2 aliphatic rings.